The maximum absolute atomic E-state index is 4.67. The van der Waals surface area contributed by atoms with Crippen LogP contribution in [-0.4, -0.2) is 22.1 Å². The van der Waals surface area contributed by atoms with E-state index in [1.54, 1.807) is 0 Å². The SMILES string of the molecule is CC1Cn2c(nc3ccccc32)CCN1. The molecule has 1 aliphatic heterocycles. The van der Waals surface area contributed by atoms with Crippen molar-refractivity contribution in [1.29, 1.82) is 0 Å². The standard InChI is InChI=1S/C12H15N3/c1-9-8-15-11-5-3-2-4-10(11)14-12(15)6-7-13-9/h2-5,9,13H,6-8H2,1H3. The van der Waals surface area contributed by atoms with E-state index < -0.39 is 0 Å². The van der Waals surface area contributed by atoms with Gasteiger partial charge in [-0.1, -0.05) is 12.1 Å². The summed E-state index contributed by atoms with van der Waals surface area (Å²) in [6, 6.07) is 8.92. The van der Waals surface area contributed by atoms with Gasteiger partial charge in [0.2, 0.25) is 0 Å². The Balaban J connectivity index is 2.20. The molecule has 3 heteroatoms. The molecule has 0 fully saturated rings. The van der Waals surface area contributed by atoms with Gasteiger partial charge in [-0.2, -0.15) is 0 Å². The van der Waals surface area contributed by atoms with Crippen molar-refractivity contribution < 1.29 is 0 Å². The van der Waals surface area contributed by atoms with Gasteiger partial charge in [0.25, 0.3) is 0 Å². The minimum absolute atomic E-state index is 0.531. The number of hydrogen-bond donors (Lipinski definition) is 1. The molecule has 1 N–H and O–H groups in total. The second-order valence-corrected chi connectivity index (χ2v) is 4.23. The lowest BCUT2D eigenvalue weighted by Crippen LogP contribution is -2.28. The van der Waals surface area contributed by atoms with Gasteiger partial charge < -0.3 is 9.88 Å². The monoisotopic (exact) mass is 201 g/mol. The third kappa shape index (κ3) is 1.43. The lowest BCUT2D eigenvalue weighted by atomic mass is 10.3. The molecule has 0 aliphatic carbocycles. The molecule has 1 aromatic heterocycles. The van der Waals surface area contributed by atoms with Crippen molar-refractivity contribution in [2.75, 3.05) is 6.54 Å². The van der Waals surface area contributed by atoms with Gasteiger partial charge in [0.15, 0.2) is 0 Å². The van der Waals surface area contributed by atoms with Crippen LogP contribution in [-0.2, 0) is 13.0 Å². The topological polar surface area (TPSA) is 29.9 Å². The van der Waals surface area contributed by atoms with Crippen LogP contribution in [0.1, 0.15) is 12.7 Å². The normalized spacial score (nSPS) is 21.3. The summed E-state index contributed by atoms with van der Waals surface area (Å²) >= 11 is 0. The van der Waals surface area contributed by atoms with Crippen molar-refractivity contribution in [2.45, 2.75) is 25.9 Å². The van der Waals surface area contributed by atoms with Crippen LogP contribution in [0.4, 0.5) is 0 Å². The van der Waals surface area contributed by atoms with E-state index in [-0.39, 0.29) is 0 Å². The summed E-state index contributed by atoms with van der Waals surface area (Å²) in [5, 5.41) is 3.48. The Morgan fingerprint density at radius 1 is 1.40 bits per heavy atom. The Bertz CT molecular complexity index is 487. The van der Waals surface area contributed by atoms with Crippen molar-refractivity contribution in [3.8, 4) is 0 Å². The molecule has 3 nitrogen and oxygen atoms in total. The molecule has 3 rings (SSSR count). The van der Waals surface area contributed by atoms with Crippen molar-refractivity contribution in [1.82, 2.24) is 14.9 Å². The number of benzene rings is 1. The van der Waals surface area contributed by atoms with Crippen LogP contribution >= 0.6 is 0 Å². The average Bonchev–Trinajstić information content (AvgIpc) is 2.47. The maximum atomic E-state index is 4.67. The van der Waals surface area contributed by atoms with Gasteiger partial charge in [0.1, 0.15) is 5.82 Å². The summed E-state index contributed by atoms with van der Waals surface area (Å²) in [6.07, 6.45) is 1.03. The largest absolute Gasteiger partial charge is 0.326 e. The average molecular weight is 201 g/mol. The molecule has 1 unspecified atom stereocenters. The van der Waals surface area contributed by atoms with Crippen LogP contribution in [0.15, 0.2) is 24.3 Å². The highest BCUT2D eigenvalue weighted by atomic mass is 15.1. The predicted octanol–water partition coefficient (Wildman–Crippen LogP) is 1.57. The number of para-hydroxylation sites is 2. The quantitative estimate of drug-likeness (QED) is 0.701. The Hall–Kier alpha value is -1.35. The maximum Gasteiger partial charge on any atom is 0.111 e. The summed E-state index contributed by atoms with van der Waals surface area (Å²) in [4.78, 5) is 4.67. The molecule has 0 saturated heterocycles. The molecule has 1 aliphatic rings. The van der Waals surface area contributed by atoms with Gasteiger partial charge in [-0.05, 0) is 19.1 Å². The summed E-state index contributed by atoms with van der Waals surface area (Å²) in [5.74, 6) is 1.22. The predicted molar refractivity (Wildman–Crippen MR) is 60.9 cm³/mol. The van der Waals surface area contributed by atoms with Gasteiger partial charge in [-0.15, -0.1) is 0 Å². The van der Waals surface area contributed by atoms with Crippen LogP contribution in [0.2, 0.25) is 0 Å². The lowest BCUT2D eigenvalue weighted by molar-refractivity contribution is 0.517. The molecule has 2 aromatic rings. The Morgan fingerprint density at radius 3 is 3.20 bits per heavy atom. The van der Waals surface area contributed by atoms with Gasteiger partial charge >= 0.3 is 0 Å². The first-order valence-electron chi connectivity index (χ1n) is 5.52. The molecule has 2 heterocycles. The van der Waals surface area contributed by atoms with Gasteiger partial charge in [-0.25, -0.2) is 4.98 Å². The zero-order valence-corrected chi connectivity index (χ0v) is 8.90. The zero-order chi connectivity index (χ0) is 10.3. The summed E-state index contributed by atoms with van der Waals surface area (Å²) in [7, 11) is 0. The fraction of sp³-hybridized carbons (Fsp3) is 0.417. The second kappa shape index (κ2) is 3.35. The minimum atomic E-state index is 0.531. The third-order valence-electron chi connectivity index (χ3n) is 3.03. The van der Waals surface area contributed by atoms with Crippen LogP contribution in [0.25, 0.3) is 11.0 Å². The summed E-state index contributed by atoms with van der Waals surface area (Å²) < 4.78 is 2.35. The highest BCUT2D eigenvalue weighted by Gasteiger charge is 2.15. The van der Waals surface area contributed by atoms with E-state index in [2.05, 4.69) is 46.1 Å². The molecule has 1 atom stereocenters. The number of nitrogens with zero attached hydrogens (tertiary/aromatic N) is 2. The van der Waals surface area contributed by atoms with Crippen LogP contribution in [0.5, 0.6) is 0 Å². The molecular weight excluding hydrogens is 186 g/mol. The van der Waals surface area contributed by atoms with Crippen molar-refractivity contribution >= 4 is 11.0 Å². The smallest absolute Gasteiger partial charge is 0.111 e. The molecular formula is C12H15N3. The molecule has 0 amide bonds. The van der Waals surface area contributed by atoms with Gasteiger partial charge in [0, 0.05) is 25.6 Å². The molecule has 1 aromatic carbocycles. The zero-order valence-electron chi connectivity index (χ0n) is 8.90. The van der Waals surface area contributed by atoms with E-state index in [1.165, 1.54) is 11.3 Å². The van der Waals surface area contributed by atoms with Crippen LogP contribution in [0, 0.1) is 0 Å². The van der Waals surface area contributed by atoms with Crippen LogP contribution in [0.3, 0.4) is 0 Å². The number of rotatable bonds is 0. The molecule has 0 bridgehead atoms. The Labute approximate surface area is 89.1 Å². The second-order valence-electron chi connectivity index (χ2n) is 4.23. The number of nitrogens with one attached hydrogen (secondary N) is 1. The van der Waals surface area contributed by atoms with Crippen molar-refractivity contribution in [2.24, 2.45) is 0 Å². The highest BCUT2D eigenvalue weighted by molar-refractivity contribution is 5.75. The minimum Gasteiger partial charge on any atom is -0.326 e. The van der Waals surface area contributed by atoms with Crippen molar-refractivity contribution in [3.63, 3.8) is 0 Å². The third-order valence-corrected chi connectivity index (χ3v) is 3.03. The lowest BCUT2D eigenvalue weighted by Gasteiger charge is -2.10. The first kappa shape index (κ1) is 8.92. The van der Waals surface area contributed by atoms with E-state index in [4.69, 9.17) is 0 Å². The Morgan fingerprint density at radius 2 is 2.27 bits per heavy atom. The van der Waals surface area contributed by atoms with Gasteiger partial charge in [-0.3, -0.25) is 0 Å². The van der Waals surface area contributed by atoms with E-state index >= 15 is 0 Å². The first-order valence-corrected chi connectivity index (χ1v) is 5.52. The fourth-order valence-corrected chi connectivity index (χ4v) is 2.29. The Kier molecular flexibility index (Phi) is 1.99. The molecule has 0 saturated carbocycles. The number of aromatic nitrogens is 2. The van der Waals surface area contributed by atoms with Crippen molar-refractivity contribution in [3.05, 3.63) is 30.1 Å². The first-order chi connectivity index (χ1) is 7.34. The summed E-state index contributed by atoms with van der Waals surface area (Å²) in [6.45, 7) is 4.28. The number of fused-ring (bicyclic) bond motifs is 3. The van der Waals surface area contributed by atoms with Gasteiger partial charge in [0.05, 0.1) is 11.0 Å². The molecule has 0 radical (unpaired) electrons. The molecule has 78 valence electrons. The van der Waals surface area contributed by atoms with E-state index in [0.717, 1.165) is 25.0 Å². The van der Waals surface area contributed by atoms with E-state index in [0.29, 0.717) is 6.04 Å². The number of imidazole rings is 1. The van der Waals surface area contributed by atoms with E-state index in [1.807, 2.05) is 0 Å². The fourth-order valence-electron chi connectivity index (χ4n) is 2.29. The van der Waals surface area contributed by atoms with E-state index in [9.17, 15) is 0 Å². The number of hydrogen-bond acceptors (Lipinski definition) is 2. The molecule has 15 heavy (non-hydrogen) atoms. The van der Waals surface area contributed by atoms with Crippen LogP contribution < -0.4 is 5.32 Å². The highest BCUT2D eigenvalue weighted by Crippen LogP contribution is 2.18. The molecule has 0 spiro atoms. The summed E-state index contributed by atoms with van der Waals surface area (Å²) in [5.41, 5.74) is 2.39.